The second kappa shape index (κ2) is 12.1. The molecule has 0 aliphatic carbocycles. The number of aromatic nitrogens is 1. The van der Waals surface area contributed by atoms with Gasteiger partial charge in [-0.25, -0.2) is 4.98 Å². The number of amides is 2. The normalized spacial score (nSPS) is 15.0. The maximum Gasteiger partial charge on any atom is 0.270 e. The fraction of sp³-hybridized carbons (Fsp3) is 0.393. The van der Waals surface area contributed by atoms with Crippen LogP contribution in [0.15, 0.2) is 53.9 Å². The van der Waals surface area contributed by atoms with Crippen LogP contribution in [-0.2, 0) is 22.6 Å². The predicted octanol–water partition coefficient (Wildman–Crippen LogP) is 4.62. The number of ether oxygens (including phenoxy) is 2. The van der Waals surface area contributed by atoms with Crippen molar-refractivity contribution in [1.82, 2.24) is 15.2 Å². The second-order valence-electron chi connectivity index (χ2n) is 9.27. The van der Waals surface area contributed by atoms with Crippen molar-refractivity contribution < 1.29 is 19.1 Å². The van der Waals surface area contributed by atoms with Gasteiger partial charge in [-0.1, -0.05) is 50.2 Å². The molecule has 0 unspecified atom stereocenters. The highest BCUT2D eigenvalue weighted by molar-refractivity contribution is 7.09. The van der Waals surface area contributed by atoms with Crippen molar-refractivity contribution in [2.75, 3.05) is 26.8 Å². The van der Waals surface area contributed by atoms with E-state index in [2.05, 4.69) is 42.3 Å². The van der Waals surface area contributed by atoms with Crippen LogP contribution in [0, 0.1) is 5.92 Å². The van der Waals surface area contributed by atoms with Crippen LogP contribution in [0.1, 0.15) is 58.5 Å². The first kappa shape index (κ1) is 25.9. The molecule has 36 heavy (non-hydrogen) atoms. The summed E-state index contributed by atoms with van der Waals surface area (Å²) < 4.78 is 11.0. The van der Waals surface area contributed by atoms with Gasteiger partial charge in [-0.2, -0.15) is 0 Å². The first-order valence-corrected chi connectivity index (χ1v) is 13.2. The molecule has 0 saturated carbocycles. The zero-order chi connectivity index (χ0) is 25.5. The molecule has 7 nitrogen and oxygen atoms in total. The average Bonchev–Trinajstić information content (AvgIpc) is 3.36. The molecule has 0 saturated heterocycles. The Kier molecular flexibility index (Phi) is 8.72. The van der Waals surface area contributed by atoms with Gasteiger partial charge in [0.15, 0.2) is 0 Å². The lowest BCUT2D eigenvalue weighted by molar-refractivity contribution is -0.134. The molecule has 1 N–H and O–H groups in total. The molecule has 2 heterocycles. The van der Waals surface area contributed by atoms with Crippen molar-refractivity contribution >= 4 is 23.2 Å². The largest absolute Gasteiger partial charge is 0.486 e. The highest BCUT2D eigenvalue weighted by atomic mass is 32.1. The van der Waals surface area contributed by atoms with E-state index in [1.165, 1.54) is 16.9 Å². The van der Waals surface area contributed by atoms with E-state index in [0.717, 1.165) is 22.6 Å². The van der Waals surface area contributed by atoms with Gasteiger partial charge in [0, 0.05) is 32.0 Å². The van der Waals surface area contributed by atoms with Gasteiger partial charge in [0.1, 0.15) is 23.1 Å². The number of nitrogens with zero attached hydrogens (tertiary/aromatic N) is 2. The van der Waals surface area contributed by atoms with Gasteiger partial charge in [0.05, 0.1) is 12.6 Å². The number of benzene rings is 2. The first-order chi connectivity index (χ1) is 17.5. The Hall–Kier alpha value is -3.23. The molecule has 2 aromatic carbocycles. The SMILES string of the molecule is COCCNC(=O)c1csc(COc2ccc3c(c2)[C@@H](c2ccccc2)N(C(=O)CC(C)C)CC3)n1. The lowest BCUT2D eigenvalue weighted by atomic mass is 9.87. The minimum absolute atomic E-state index is 0.146. The summed E-state index contributed by atoms with van der Waals surface area (Å²) in [4.78, 5) is 31.8. The molecule has 190 valence electrons. The summed E-state index contributed by atoms with van der Waals surface area (Å²) in [6, 6.07) is 16.2. The number of fused-ring (bicyclic) bond motifs is 1. The maximum absolute atomic E-state index is 13.2. The van der Waals surface area contributed by atoms with E-state index < -0.39 is 0 Å². The molecule has 4 rings (SSSR count). The average molecular weight is 508 g/mol. The Bertz CT molecular complexity index is 1180. The molecule has 3 aromatic rings. The van der Waals surface area contributed by atoms with E-state index in [1.807, 2.05) is 35.2 Å². The summed E-state index contributed by atoms with van der Waals surface area (Å²) in [5.74, 6) is 0.972. The van der Waals surface area contributed by atoms with Crippen molar-refractivity contribution in [2.24, 2.45) is 5.92 Å². The first-order valence-electron chi connectivity index (χ1n) is 12.3. The summed E-state index contributed by atoms with van der Waals surface area (Å²) in [7, 11) is 1.59. The van der Waals surface area contributed by atoms with E-state index in [9.17, 15) is 9.59 Å². The number of carbonyl (C=O) groups is 2. The smallest absolute Gasteiger partial charge is 0.270 e. The van der Waals surface area contributed by atoms with Crippen molar-refractivity contribution in [2.45, 2.75) is 39.3 Å². The lowest BCUT2D eigenvalue weighted by Crippen LogP contribution is -2.41. The quantitative estimate of drug-likeness (QED) is 0.405. The van der Waals surface area contributed by atoms with Crippen molar-refractivity contribution in [3.8, 4) is 5.75 Å². The fourth-order valence-corrected chi connectivity index (χ4v) is 5.08. The monoisotopic (exact) mass is 507 g/mol. The second-order valence-corrected chi connectivity index (χ2v) is 10.2. The van der Waals surface area contributed by atoms with Crippen molar-refractivity contribution in [1.29, 1.82) is 0 Å². The topological polar surface area (TPSA) is 80.8 Å². The number of methoxy groups -OCH3 is 1. The Balaban J connectivity index is 1.52. The third-order valence-corrected chi connectivity index (χ3v) is 6.92. The Morgan fingerprint density at radius 3 is 2.75 bits per heavy atom. The van der Waals surface area contributed by atoms with Crippen LogP contribution in [0.3, 0.4) is 0 Å². The van der Waals surface area contributed by atoms with E-state index in [4.69, 9.17) is 9.47 Å². The Morgan fingerprint density at radius 2 is 2.00 bits per heavy atom. The number of carbonyl (C=O) groups excluding carboxylic acids is 2. The van der Waals surface area contributed by atoms with Gasteiger partial charge in [0.2, 0.25) is 5.91 Å². The van der Waals surface area contributed by atoms with E-state index >= 15 is 0 Å². The van der Waals surface area contributed by atoms with E-state index in [0.29, 0.717) is 43.5 Å². The van der Waals surface area contributed by atoms with Gasteiger partial charge in [-0.15, -0.1) is 11.3 Å². The molecule has 0 bridgehead atoms. The number of nitrogens with one attached hydrogen (secondary N) is 1. The number of rotatable bonds is 10. The molecule has 0 fully saturated rings. The minimum Gasteiger partial charge on any atom is -0.486 e. The Morgan fingerprint density at radius 1 is 1.19 bits per heavy atom. The number of hydrogen-bond donors (Lipinski definition) is 1. The van der Waals surface area contributed by atoms with Crippen LogP contribution in [-0.4, -0.2) is 48.5 Å². The number of hydrogen-bond acceptors (Lipinski definition) is 6. The molecule has 1 aliphatic heterocycles. The fourth-order valence-electron chi connectivity index (χ4n) is 4.40. The van der Waals surface area contributed by atoms with Crippen LogP contribution in [0.2, 0.25) is 0 Å². The molecule has 2 amide bonds. The molecular weight excluding hydrogens is 474 g/mol. The Labute approximate surface area is 216 Å². The molecule has 0 radical (unpaired) electrons. The summed E-state index contributed by atoms with van der Waals surface area (Å²) >= 11 is 1.39. The molecule has 8 heteroatoms. The van der Waals surface area contributed by atoms with Gasteiger partial charge in [-0.05, 0) is 41.2 Å². The van der Waals surface area contributed by atoms with Crippen molar-refractivity contribution in [3.05, 3.63) is 81.3 Å². The van der Waals surface area contributed by atoms with Crippen LogP contribution >= 0.6 is 11.3 Å². The van der Waals surface area contributed by atoms with Crippen LogP contribution in [0.25, 0.3) is 0 Å². The van der Waals surface area contributed by atoms with Crippen LogP contribution in [0.4, 0.5) is 0 Å². The summed E-state index contributed by atoms with van der Waals surface area (Å²) in [6.45, 7) is 6.01. The summed E-state index contributed by atoms with van der Waals surface area (Å²) in [5, 5.41) is 5.23. The molecular formula is C28H33N3O4S. The zero-order valence-corrected chi connectivity index (χ0v) is 21.8. The maximum atomic E-state index is 13.2. The highest BCUT2D eigenvalue weighted by Crippen LogP contribution is 2.38. The highest BCUT2D eigenvalue weighted by Gasteiger charge is 2.32. The van der Waals surface area contributed by atoms with Gasteiger partial charge < -0.3 is 19.7 Å². The third kappa shape index (κ3) is 6.30. The summed E-state index contributed by atoms with van der Waals surface area (Å²) in [6.07, 6.45) is 1.34. The van der Waals surface area contributed by atoms with E-state index in [-0.39, 0.29) is 24.5 Å². The van der Waals surface area contributed by atoms with Gasteiger partial charge in [0.25, 0.3) is 5.91 Å². The third-order valence-electron chi connectivity index (χ3n) is 6.10. The minimum atomic E-state index is -0.222. The van der Waals surface area contributed by atoms with Crippen LogP contribution < -0.4 is 10.1 Å². The van der Waals surface area contributed by atoms with Crippen molar-refractivity contribution in [3.63, 3.8) is 0 Å². The number of thiazole rings is 1. The van der Waals surface area contributed by atoms with E-state index in [1.54, 1.807) is 12.5 Å². The standard InChI is InChI=1S/C28H33N3O4S/c1-19(2)15-26(32)31-13-11-20-9-10-22(16-23(20)27(31)21-7-5-4-6-8-21)35-17-25-30-24(18-36-25)28(33)29-12-14-34-3/h4-10,16,18-19,27H,11-15,17H2,1-3H3,(H,29,33)/t27-/m1/s1. The lowest BCUT2D eigenvalue weighted by Gasteiger charge is -2.38. The van der Waals surface area contributed by atoms with Gasteiger partial charge in [-0.3, -0.25) is 9.59 Å². The predicted molar refractivity (Wildman–Crippen MR) is 140 cm³/mol. The molecule has 0 spiro atoms. The molecule has 1 aliphatic rings. The molecule has 1 aromatic heterocycles. The van der Waals surface area contributed by atoms with Gasteiger partial charge >= 0.3 is 0 Å². The molecule has 1 atom stereocenters. The zero-order valence-electron chi connectivity index (χ0n) is 21.0. The summed E-state index contributed by atoms with van der Waals surface area (Å²) in [5.41, 5.74) is 3.80. The van der Waals surface area contributed by atoms with Crippen LogP contribution in [0.5, 0.6) is 5.75 Å².